The summed E-state index contributed by atoms with van der Waals surface area (Å²) in [6.07, 6.45) is 4.07. The second-order valence-electron chi connectivity index (χ2n) is 1.99. The van der Waals surface area contributed by atoms with Crippen molar-refractivity contribution in [1.29, 1.82) is 0 Å². The quantitative estimate of drug-likeness (QED) is 0.394. The first-order valence-corrected chi connectivity index (χ1v) is 2.91. The van der Waals surface area contributed by atoms with Gasteiger partial charge in [0.05, 0.1) is 0 Å². The molecule has 0 bridgehead atoms. The average Bonchev–Trinajstić information content (AvgIpc) is 1.95. The van der Waals surface area contributed by atoms with Gasteiger partial charge in [0, 0.05) is 6.54 Å². The Kier molecular flexibility index (Phi) is 1.78. The van der Waals surface area contributed by atoms with E-state index in [0.717, 1.165) is 0 Å². The number of allylic oxidation sites excluding steroid dienone is 2. The van der Waals surface area contributed by atoms with Crippen molar-refractivity contribution in [2.45, 2.75) is 0 Å². The van der Waals surface area contributed by atoms with Crippen LogP contribution in [0.25, 0.3) is 0 Å². The smallest absolute Gasteiger partial charge is 0.226 e. The molecule has 0 heterocycles. The van der Waals surface area contributed by atoms with Gasteiger partial charge in [-0.05, 0) is 17.7 Å². The van der Waals surface area contributed by atoms with Crippen LogP contribution in [-0.2, 0) is 9.59 Å². The zero-order valence-corrected chi connectivity index (χ0v) is 5.33. The zero-order valence-electron chi connectivity index (χ0n) is 5.33. The molecule has 0 aromatic carbocycles. The molecule has 0 saturated heterocycles. The topological polar surface area (TPSA) is 60.2 Å². The lowest BCUT2D eigenvalue weighted by Crippen LogP contribution is -2.14. The first-order valence-electron chi connectivity index (χ1n) is 2.91. The Hall–Kier alpha value is -1.22. The van der Waals surface area contributed by atoms with E-state index in [1.807, 2.05) is 0 Å². The van der Waals surface area contributed by atoms with Crippen LogP contribution >= 0.6 is 0 Å². The van der Waals surface area contributed by atoms with Gasteiger partial charge in [0.25, 0.3) is 0 Å². The Morgan fingerprint density at radius 1 is 1.20 bits per heavy atom. The molecule has 0 saturated carbocycles. The molecule has 1 aliphatic rings. The molecule has 2 N–H and O–H groups in total. The first-order chi connectivity index (χ1) is 4.74. The summed E-state index contributed by atoms with van der Waals surface area (Å²) in [6, 6.07) is 0. The first kappa shape index (κ1) is 6.89. The van der Waals surface area contributed by atoms with Crippen molar-refractivity contribution >= 4 is 11.6 Å². The standard InChI is InChI=1S/C7H7NO2/c8-4-5-1-2-6(9)7(10)3-5/h1-3H,4,8H2. The maximum Gasteiger partial charge on any atom is 0.226 e. The summed E-state index contributed by atoms with van der Waals surface area (Å²) in [7, 11) is 0. The molecule has 0 radical (unpaired) electrons. The van der Waals surface area contributed by atoms with E-state index in [4.69, 9.17) is 5.73 Å². The van der Waals surface area contributed by atoms with Gasteiger partial charge < -0.3 is 5.73 Å². The normalized spacial score (nSPS) is 17.5. The third kappa shape index (κ3) is 1.19. The summed E-state index contributed by atoms with van der Waals surface area (Å²) in [5.41, 5.74) is 5.93. The number of carbonyl (C=O) groups excluding carboxylic acids is 2. The fraction of sp³-hybridized carbons (Fsp3) is 0.143. The highest BCUT2D eigenvalue weighted by Gasteiger charge is 2.11. The molecule has 0 aliphatic heterocycles. The lowest BCUT2D eigenvalue weighted by Gasteiger charge is -1.99. The van der Waals surface area contributed by atoms with Crippen molar-refractivity contribution < 1.29 is 9.59 Å². The average molecular weight is 137 g/mol. The van der Waals surface area contributed by atoms with Crippen molar-refractivity contribution in [2.75, 3.05) is 6.54 Å². The molecule has 52 valence electrons. The summed E-state index contributed by atoms with van der Waals surface area (Å²) in [6.45, 7) is 0.301. The van der Waals surface area contributed by atoms with E-state index in [1.165, 1.54) is 12.2 Å². The molecule has 0 fully saturated rings. The summed E-state index contributed by atoms with van der Waals surface area (Å²) < 4.78 is 0. The number of nitrogens with two attached hydrogens (primary N) is 1. The molecule has 0 aromatic heterocycles. The fourth-order valence-electron chi connectivity index (χ4n) is 0.679. The van der Waals surface area contributed by atoms with Crippen molar-refractivity contribution in [1.82, 2.24) is 0 Å². The second-order valence-corrected chi connectivity index (χ2v) is 1.99. The van der Waals surface area contributed by atoms with Crippen LogP contribution in [0.3, 0.4) is 0 Å². The predicted octanol–water partition coefficient (Wildman–Crippen LogP) is -0.421. The predicted molar refractivity (Wildman–Crippen MR) is 36.3 cm³/mol. The SMILES string of the molecule is NCC1=CC(=O)C(=O)C=C1. The van der Waals surface area contributed by atoms with E-state index in [9.17, 15) is 9.59 Å². The number of rotatable bonds is 1. The largest absolute Gasteiger partial charge is 0.326 e. The van der Waals surface area contributed by atoms with E-state index in [0.29, 0.717) is 12.1 Å². The maximum atomic E-state index is 10.6. The highest BCUT2D eigenvalue weighted by molar-refractivity contribution is 6.46. The van der Waals surface area contributed by atoms with Gasteiger partial charge in [-0.2, -0.15) is 0 Å². The molecule has 1 rings (SSSR count). The number of hydrogen-bond acceptors (Lipinski definition) is 3. The molecule has 0 atom stereocenters. The van der Waals surface area contributed by atoms with E-state index >= 15 is 0 Å². The van der Waals surface area contributed by atoms with Crippen LogP contribution in [0.4, 0.5) is 0 Å². The fourth-order valence-corrected chi connectivity index (χ4v) is 0.679. The highest BCUT2D eigenvalue weighted by Crippen LogP contribution is 2.01. The minimum absolute atomic E-state index is 0.301. The molecule has 3 heteroatoms. The van der Waals surface area contributed by atoms with Crippen LogP contribution in [0.1, 0.15) is 0 Å². The maximum absolute atomic E-state index is 10.6. The van der Waals surface area contributed by atoms with Crippen molar-refractivity contribution in [3.63, 3.8) is 0 Å². The van der Waals surface area contributed by atoms with E-state index in [2.05, 4.69) is 0 Å². The van der Waals surface area contributed by atoms with E-state index < -0.39 is 11.6 Å². The Balaban J connectivity index is 2.86. The lowest BCUT2D eigenvalue weighted by atomic mass is 10.1. The molecule has 0 unspecified atom stereocenters. The minimum Gasteiger partial charge on any atom is -0.326 e. The third-order valence-electron chi connectivity index (χ3n) is 1.24. The van der Waals surface area contributed by atoms with E-state index in [1.54, 1.807) is 6.08 Å². The number of ketones is 2. The van der Waals surface area contributed by atoms with Gasteiger partial charge in [-0.15, -0.1) is 0 Å². The van der Waals surface area contributed by atoms with Crippen LogP contribution < -0.4 is 5.73 Å². The van der Waals surface area contributed by atoms with Gasteiger partial charge in [0.15, 0.2) is 0 Å². The molecule has 1 aliphatic carbocycles. The Labute approximate surface area is 58.2 Å². The molecule has 10 heavy (non-hydrogen) atoms. The molecular weight excluding hydrogens is 130 g/mol. The Bertz CT molecular complexity index is 238. The molecule has 0 aromatic rings. The minimum atomic E-state index is -0.483. The lowest BCUT2D eigenvalue weighted by molar-refractivity contribution is -0.131. The van der Waals surface area contributed by atoms with Gasteiger partial charge in [-0.3, -0.25) is 9.59 Å². The van der Waals surface area contributed by atoms with Crippen molar-refractivity contribution in [2.24, 2.45) is 5.73 Å². The van der Waals surface area contributed by atoms with Gasteiger partial charge in [0.2, 0.25) is 11.6 Å². The van der Waals surface area contributed by atoms with Crippen molar-refractivity contribution in [3.05, 3.63) is 23.8 Å². The number of hydrogen-bond donors (Lipinski definition) is 1. The third-order valence-corrected chi connectivity index (χ3v) is 1.24. The van der Waals surface area contributed by atoms with Crippen LogP contribution in [0, 0.1) is 0 Å². The van der Waals surface area contributed by atoms with Gasteiger partial charge >= 0.3 is 0 Å². The van der Waals surface area contributed by atoms with Crippen LogP contribution in [0.2, 0.25) is 0 Å². The van der Waals surface area contributed by atoms with Crippen LogP contribution in [-0.4, -0.2) is 18.1 Å². The molecule has 0 amide bonds. The van der Waals surface area contributed by atoms with Crippen LogP contribution in [0.5, 0.6) is 0 Å². The van der Waals surface area contributed by atoms with Gasteiger partial charge in [-0.25, -0.2) is 0 Å². The number of carbonyl (C=O) groups is 2. The van der Waals surface area contributed by atoms with E-state index in [-0.39, 0.29) is 0 Å². The monoisotopic (exact) mass is 137 g/mol. The summed E-state index contributed by atoms with van der Waals surface area (Å²) in [5.74, 6) is -0.958. The molecule has 3 nitrogen and oxygen atoms in total. The Morgan fingerprint density at radius 3 is 2.40 bits per heavy atom. The molecule has 0 spiro atoms. The van der Waals surface area contributed by atoms with Crippen LogP contribution in [0.15, 0.2) is 23.8 Å². The van der Waals surface area contributed by atoms with Gasteiger partial charge in [0.1, 0.15) is 0 Å². The van der Waals surface area contributed by atoms with Crippen molar-refractivity contribution in [3.8, 4) is 0 Å². The molecular formula is C7H7NO2. The highest BCUT2D eigenvalue weighted by atomic mass is 16.2. The summed E-state index contributed by atoms with van der Waals surface area (Å²) >= 11 is 0. The second kappa shape index (κ2) is 2.58. The zero-order chi connectivity index (χ0) is 7.56. The summed E-state index contributed by atoms with van der Waals surface area (Å²) in [4.78, 5) is 21.2. The Morgan fingerprint density at radius 2 is 1.90 bits per heavy atom. The van der Waals surface area contributed by atoms with Gasteiger partial charge in [-0.1, -0.05) is 6.08 Å². The summed E-state index contributed by atoms with van der Waals surface area (Å²) in [5, 5.41) is 0.